The monoisotopic (exact) mass is 252 g/mol. The first-order valence-electron chi connectivity index (χ1n) is 7.24. The highest BCUT2D eigenvalue weighted by molar-refractivity contribution is 4.75. The van der Waals surface area contributed by atoms with Crippen molar-refractivity contribution < 1.29 is 9.47 Å². The maximum Gasteiger partial charge on any atom is 0.0497 e. The number of hydrogen-bond donors (Lipinski definition) is 0. The average molecular weight is 252 g/mol. The minimum absolute atomic E-state index is 0.760. The summed E-state index contributed by atoms with van der Waals surface area (Å²) in [6.45, 7) is 11.2. The van der Waals surface area contributed by atoms with Crippen LogP contribution in [0, 0.1) is 11.8 Å². The molecule has 2 fully saturated rings. The van der Waals surface area contributed by atoms with E-state index < -0.39 is 0 Å². The number of hydrogen-bond acceptors (Lipinski definition) is 2. The van der Waals surface area contributed by atoms with E-state index in [1.54, 1.807) is 0 Å². The Hall–Kier alpha value is -0.600. The fraction of sp³-hybridized carbons (Fsp3) is 0.750. The van der Waals surface area contributed by atoms with Crippen LogP contribution in [0.25, 0.3) is 0 Å². The van der Waals surface area contributed by atoms with Crippen molar-refractivity contribution in [1.29, 1.82) is 0 Å². The number of rotatable bonds is 4. The zero-order valence-corrected chi connectivity index (χ0v) is 11.6. The van der Waals surface area contributed by atoms with Gasteiger partial charge in [-0.25, -0.2) is 0 Å². The van der Waals surface area contributed by atoms with Gasteiger partial charge in [-0.1, -0.05) is 12.2 Å². The van der Waals surface area contributed by atoms with Crippen LogP contribution >= 0.6 is 0 Å². The van der Waals surface area contributed by atoms with Crippen molar-refractivity contribution in [1.82, 2.24) is 0 Å². The molecule has 104 valence electrons. The van der Waals surface area contributed by atoms with Gasteiger partial charge in [-0.05, 0) is 50.4 Å². The van der Waals surface area contributed by atoms with Crippen molar-refractivity contribution in [2.24, 2.45) is 11.8 Å². The van der Waals surface area contributed by atoms with Crippen molar-refractivity contribution in [3.05, 3.63) is 25.3 Å². The minimum Gasteiger partial charge on any atom is -0.381 e. The molecule has 2 nitrogen and oxygen atoms in total. The summed E-state index contributed by atoms with van der Waals surface area (Å²) in [5.41, 5.74) is 0. The molecule has 0 aromatic heterocycles. The third-order valence-corrected chi connectivity index (χ3v) is 3.51. The standard InChI is InChI=1S/2C8H14O/c2*1-2-4-8-5-3-6-9-7-8/h2*2,8H,1,3-7H2/t2*8-/m11/s1. The van der Waals surface area contributed by atoms with Gasteiger partial charge in [0.05, 0.1) is 0 Å². The molecule has 2 saturated heterocycles. The van der Waals surface area contributed by atoms with Crippen LogP contribution in [0.3, 0.4) is 0 Å². The summed E-state index contributed by atoms with van der Waals surface area (Å²) in [5, 5.41) is 0. The lowest BCUT2D eigenvalue weighted by molar-refractivity contribution is 0.0560. The molecule has 2 heteroatoms. The molecule has 0 spiro atoms. The molecule has 18 heavy (non-hydrogen) atoms. The Morgan fingerprint density at radius 3 is 1.56 bits per heavy atom. The largest absolute Gasteiger partial charge is 0.381 e. The second-order valence-electron chi connectivity index (χ2n) is 5.22. The fourth-order valence-electron chi connectivity index (χ4n) is 2.46. The molecule has 0 saturated carbocycles. The highest BCUT2D eigenvalue weighted by Crippen LogP contribution is 2.17. The summed E-state index contributed by atoms with van der Waals surface area (Å²) in [6.07, 6.45) is 11.3. The Morgan fingerprint density at radius 2 is 1.28 bits per heavy atom. The Morgan fingerprint density at radius 1 is 0.833 bits per heavy atom. The van der Waals surface area contributed by atoms with E-state index >= 15 is 0 Å². The van der Waals surface area contributed by atoms with Crippen LogP contribution in [0.1, 0.15) is 38.5 Å². The van der Waals surface area contributed by atoms with Gasteiger partial charge in [0.25, 0.3) is 0 Å². The Kier molecular flexibility index (Phi) is 8.87. The summed E-state index contributed by atoms with van der Waals surface area (Å²) in [4.78, 5) is 0. The topological polar surface area (TPSA) is 18.5 Å². The van der Waals surface area contributed by atoms with Crippen molar-refractivity contribution in [3.8, 4) is 0 Å². The second-order valence-corrected chi connectivity index (χ2v) is 5.22. The average Bonchev–Trinajstić information content (AvgIpc) is 2.43. The van der Waals surface area contributed by atoms with Crippen LogP contribution in [0.2, 0.25) is 0 Å². The third kappa shape index (κ3) is 6.97. The van der Waals surface area contributed by atoms with Crippen molar-refractivity contribution >= 4 is 0 Å². The van der Waals surface area contributed by atoms with Gasteiger partial charge in [0.15, 0.2) is 0 Å². The van der Waals surface area contributed by atoms with Gasteiger partial charge in [-0.15, -0.1) is 13.2 Å². The van der Waals surface area contributed by atoms with Crippen LogP contribution in [-0.4, -0.2) is 26.4 Å². The van der Waals surface area contributed by atoms with Gasteiger partial charge in [0, 0.05) is 26.4 Å². The van der Waals surface area contributed by atoms with Crippen molar-refractivity contribution in [2.45, 2.75) is 38.5 Å². The van der Waals surface area contributed by atoms with Crippen LogP contribution in [0.4, 0.5) is 0 Å². The molecule has 2 rings (SSSR count). The smallest absolute Gasteiger partial charge is 0.0497 e. The van der Waals surface area contributed by atoms with Crippen LogP contribution < -0.4 is 0 Å². The van der Waals surface area contributed by atoms with Gasteiger partial charge in [-0.2, -0.15) is 0 Å². The number of allylic oxidation sites excluding steroid dienone is 2. The Labute approximate surface area is 112 Å². The normalized spacial score (nSPS) is 27.8. The molecule has 0 radical (unpaired) electrons. The van der Waals surface area contributed by atoms with Crippen LogP contribution in [-0.2, 0) is 9.47 Å². The molecule has 0 aromatic rings. The summed E-state index contributed by atoms with van der Waals surface area (Å²) >= 11 is 0. The predicted molar refractivity (Wildman–Crippen MR) is 76.7 cm³/mol. The molecule has 0 unspecified atom stereocenters. The van der Waals surface area contributed by atoms with E-state index in [1.165, 1.54) is 25.7 Å². The van der Waals surface area contributed by atoms with Crippen LogP contribution in [0.15, 0.2) is 25.3 Å². The van der Waals surface area contributed by atoms with E-state index in [2.05, 4.69) is 13.2 Å². The lowest BCUT2D eigenvalue weighted by Gasteiger charge is -2.20. The highest BCUT2D eigenvalue weighted by atomic mass is 16.5. The molecular formula is C16H28O2. The van der Waals surface area contributed by atoms with Gasteiger partial charge < -0.3 is 9.47 Å². The molecular weight excluding hydrogens is 224 g/mol. The zero-order chi connectivity index (χ0) is 13.1. The summed E-state index contributed by atoms with van der Waals surface area (Å²) in [7, 11) is 0. The zero-order valence-electron chi connectivity index (χ0n) is 11.6. The minimum atomic E-state index is 0.760. The maximum atomic E-state index is 5.29. The van der Waals surface area contributed by atoms with E-state index in [0.717, 1.165) is 51.1 Å². The van der Waals surface area contributed by atoms with E-state index in [9.17, 15) is 0 Å². The van der Waals surface area contributed by atoms with E-state index in [0.29, 0.717) is 0 Å². The summed E-state index contributed by atoms with van der Waals surface area (Å²) in [5.74, 6) is 1.52. The molecule has 0 N–H and O–H groups in total. The first-order chi connectivity index (χ1) is 8.86. The van der Waals surface area contributed by atoms with E-state index in [4.69, 9.17) is 9.47 Å². The molecule has 0 amide bonds. The van der Waals surface area contributed by atoms with Gasteiger partial charge in [0.1, 0.15) is 0 Å². The van der Waals surface area contributed by atoms with Gasteiger partial charge in [-0.3, -0.25) is 0 Å². The lowest BCUT2D eigenvalue weighted by Crippen LogP contribution is -2.16. The molecule has 0 aliphatic carbocycles. The Bertz CT molecular complexity index is 189. The fourth-order valence-corrected chi connectivity index (χ4v) is 2.46. The van der Waals surface area contributed by atoms with Gasteiger partial charge in [0.2, 0.25) is 0 Å². The molecule has 2 atom stereocenters. The molecule has 0 bridgehead atoms. The molecule has 2 aliphatic heterocycles. The molecule has 2 aliphatic rings. The second kappa shape index (κ2) is 10.3. The maximum absolute atomic E-state index is 5.29. The first-order valence-corrected chi connectivity index (χ1v) is 7.24. The highest BCUT2D eigenvalue weighted by Gasteiger charge is 2.11. The molecule has 0 aromatic carbocycles. The van der Waals surface area contributed by atoms with Gasteiger partial charge >= 0.3 is 0 Å². The van der Waals surface area contributed by atoms with E-state index in [-0.39, 0.29) is 0 Å². The first kappa shape index (κ1) is 15.5. The van der Waals surface area contributed by atoms with E-state index in [1.807, 2.05) is 12.2 Å². The quantitative estimate of drug-likeness (QED) is 0.705. The van der Waals surface area contributed by atoms with Crippen LogP contribution in [0.5, 0.6) is 0 Å². The molecule has 2 heterocycles. The SMILES string of the molecule is C=CC[C@@H]1CCCOC1.C=CC[C@@H]1CCCOC1. The Balaban J connectivity index is 0.000000180. The summed E-state index contributed by atoms with van der Waals surface area (Å²) in [6, 6.07) is 0. The predicted octanol–water partition coefficient (Wildman–Crippen LogP) is 3.98. The lowest BCUT2D eigenvalue weighted by atomic mass is 9.99. The number of ether oxygens (including phenoxy) is 2. The van der Waals surface area contributed by atoms with Crippen molar-refractivity contribution in [2.75, 3.05) is 26.4 Å². The summed E-state index contributed by atoms with van der Waals surface area (Å²) < 4.78 is 10.6. The van der Waals surface area contributed by atoms with Crippen molar-refractivity contribution in [3.63, 3.8) is 0 Å². The third-order valence-electron chi connectivity index (χ3n) is 3.51.